The number of hydrogen-bond acceptors (Lipinski definition) is 11. The molecule has 2 N–H and O–H groups in total. The summed E-state index contributed by atoms with van der Waals surface area (Å²) in [5.41, 5.74) is 5.93. The fourth-order valence-electron chi connectivity index (χ4n) is 14.3. The Balaban J connectivity index is 0.691. The standard InChI is InChI=1S/C58H68FN11O4/c1-35(2)69-34-61-48-31-47(63-54(53(48)69)62-46-9-5-4-8-45(46)59)37-10-13-44-49(28-37)70(40-29-39(30-40)66-21-6-3-7-22-66)57(74)58(44)19-26-65(27-20-58)33-43-42-18-25-68(52(42)43)56(73)36-16-23-67(24-17-36)50-14-11-38(32-60-50)41-12-15-51(71)64-55(41)72/h4-5,8-11,13-14,28,31-32,34-36,39-43,52H,3,6-7,12,15-27,29-30,33H2,1-2H3,(H,62,63)(H,64,71,72)/t39?,40?,41?,42-,43?,52-/m1/s1. The smallest absolute Gasteiger partial charge is 0.238 e. The van der Waals surface area contributed by atoms with E-state index in [0.717, 1.165) is 142 Å². The van der Waals surface area contributed by atoms with E-state index in [1.54, 1.807) is 18.3 Å². The van der Waals surface area contributed by atoms with E-state index in [0.29, 0.717) is 54.2 Å². The molecule has 1 spiro atoms. The van der Waals surface area contributed by atoms with Crippen LogP contribution in [0.25, 0.3) is 22.3 Å². The molecule has 2 aliphatic carbocycles. The molecule has 15 nitrogen and oxygen atoms in total. The molecule has 3 aromatic heterocycles. The number of amides is 4. The summed E-state index contributed by atoms with van der Waals surface area (Å²) in [4.78, 5) is 80.2. The molecule has 2 saturated carbocycles. The monoisotopic (exact) mass is 1000 g/mol. The number of halogens is 1. The Labute approximate surface area is 432 Å². The Morgan fingerprint density at radius 1 is 0.865 bits per heavy atom. The van der Waals surface area contributed by atoms with E-state index >= 15 is 9.18 Å². The highest BCUT2D eigenvalue weighted by molar-refractivity contribution is 6.09. The van der Waals surface area contributed by atoms with Crippen molar-refractivity contribution in [3.8, 4) is 11.3 Å². The van der Waals surface area contributed by atoms with Crippen LogP contribution in [0.1, 0.15) is 114 Å². The molecule has 5 aromatic rings. The summed E-state index contributed by atoms with van der Waals surface area (Å²) in [6, 6.07) is 20.2. The largest absolute Gasteiger partial charge is 0.357 e. The fourth-order valence-corrected chi connectivity index (χ4v) is 14.3. The number of fused-ring (bicyclic) bond motifs is 4. The minimum atomic E-state index is -0.590. The average molecular weight is 1000 g/mol. The molecule has 16 heteroatoms. The van der Waals surface area contributed by atoms with Crippen LogP contribution in [0.5, 0.6) is 0 Å². The van der Waals surface area contributed by atoms with Crippen molar-refractivity contribution in [2.24, 2.45) is 17.8 Å². The molecule has 74 heavy (non-hydrogen) atoms. The molecule has 0 bridgehead atoms. The number of carbonyl (C=O) groups excluding carboxylic acids is 4. The van der Waals surface area contributed by atoms with E-state index in [4.69, 9.17) is 15.0 Å². The number of imide groups is 1. The lowest BCUT2D eigenvalue weighted by molar-refractivity contribution is -0.136. The second-order valence-electron chi connectivity index (χ2n) is 23.1. The van der Waals surface area contributed by atoms with Crippen LogP contribution in [0.15, 0.2) is 73.2 Å². The van der Waals surface area contributed by atoms with Crippen molar-refractivity contribution in [1.82, 2.24) is 39.5 Å². The van der Waals surface area contributed by atoms with Crippen molar-refractivity contribution in [3.63, 3.8) is 0 Å². The number of imidazole rings is 1. The first kappa shape index (κ1) is 47.5. The first-order chi connectivity index (χ1) is 36.0. The number of anilines is 4. The highest BCUT2D eigenvalue weighted by Crippen LogP contribution is 2.55. The number of carbonyl (C=O) groups is 4. The van der Waals surface area contributed by atoms with Crippen molar-refractivity contribution in [1.29, 1.82) is 0 Å². The summed E-state index contributed by atoms with van der Waals surface area (Å²) in [6.45, 7) is 11.5. The van der Waals surface area contributed by atoms with Gasteiger partial charge >= 0.3 is 0 Å². The van der Waals surface area contributed by atoms with Crippen LogP contribution in [-0.2, 0) is 24.6 Å². The van der Waals surface area contributed by atoms with E-state index in [-0.39, 0.29) is 47.5 Å². The Bertz CT molecular complexity index is 3000. The van der Waals surface area contributed by atoms with Gasteiger partial charge in [-0.1, -0.05) is 36.8 Å². The van der Waals surface area contributed by atoms with Crippen molar-refractivity contribution in [3.05, 3.63) is 90.1 Å². The lowest BCUT2D eigenvalue weighted by atomic mass is 9.73. The molecular weight excluding hydrogens is 934 g/mol. The van der Waals surface area contributed by atoms with Crippen molar-refractivity contribution < 1.29 is 23.6 Å². The molecule has 8 aliphatic rings. The second kappa shape index (κ2) is 18.8. The highest BCUT2D eigenvalue weighted by atomic mass is 19.1. The maximum atomic E-state index is 15.3. The Kier molecular flexibility index (Phi) is 12.1. The first-order valence-corrected chi connectivity index (χ1v) is 27.7. The van der Waals surface area contributed by atoms with E-state index in [1.165, 1.54) is 25.3 Å². The van der Waals surface area contributed by atoms with Gasteiger partial charge in [-0.25, -0.2) is 19.3 Å². The number of para-hydroxylation sites is 1. The van der Waals surface area contributed by atoms with Gasteiger partial charge in [-0.05, 0) is 158 Å². The van der Waals surface area contributed by atoms with Gasteiger partial charge in [0.1, 0.15) is 17.2 Å². The predicted molar refractivity (Wildman–Crippen MR) is 282 cm³/mol. The van der Waals surface area contributed by atoms with Crippen molar-refractivity contribution in [2.45, 2.75) is 126 Å². The van der Waals surface area contributed by atoms with Gasteiger partial charge in [-0.3, -0.25) is 24.5 Å². The topological polar surface area (TPSA) is 152 Å². The highest BCUT2D eigenvalue weighted by Gasteiger charge is 2.61. The van der Waals surface area contributed by atoms with Crippen LogP contribution in [-0.4, -0.2) is 128 Å². The SMILES string of the molecule is CC(C)n1cnc2cc(-c3ccc4c(c3)N(C3CC(N5CCCCC5)C3)C(=O)C43CCN(CC4[C@H]5CCN(C(=O)C6CCN(c7ccc(C8CCC(=O)NC8=O)cn7)CC6)[C@@H]45)CC3)nc(Nc3ccccc3F)c21. The van der Waals surface area contributed by atoms with Gasteiger partial charge in [-0.15, -0.1) is 0 Å². The van der Waals surface area contributed by atoms with E-state index < -0.39 is 5.41 Å². The van der Waals surface area contributed by atoms with Gasteiger partial charge in [0.25, 0.3) is 0 Å². The maximum Gasteiger partial charge on any atom is 0.238 e. The molecule has 2 unspecified atom stereocenters. The average Bonchev–Trinajstić information content (AvgIpc) is 3.67. The zero-order valence-electron chi connectivity index (χ0n) is 42.7. The van der Waals surface area contributed by atoms with Crippen LogP contribution in [0, 0.1) is 23.6 Å². The molecule has 7 fully saturated rings. The normalized spacial score (nSPS) is 27.2. The third-order valence-corrected chi connectivity index (χ3v) is 18.7. The third kappa shape index (κ3) is 8.25. The molecule has 386 valence electrons. The van der Waals surface area contributed by atoms with E-state index in [9.17, 15) is 14.4 Å². The Morgan fingerprint density at radius 3 is 2.41 bits per heavy atom. The van der Waals surface area contributed by atoms with E-state index in [1.807, 2.05) is 30.6 Å². The summed E-state index contributed by atoms with van der Waals surface area (Å²) in [5.74, 6) is 1.78. The van der Waals surface area contributed by atoms with Crippen LogP contribution in [0.4, 0.5) is 27.4 Å². The number of aromatic nitrogens is 4. The Hall–Kier alpha value is -6.26. The molecular formula is C58H68FN11O4. The number of nitrogens with zero attached hydrogens (tertiary/aromatic N) is 9. The molecule has 2 aromatic carbocycles. The third-order valence-electron chi connectivity index (χ3n) is 18.7. The molecule has 4 amide bonds. The molecule has 5 saturated heterocycles. The van der Waals surface area contributed by atoms with Gasteiger partial charge in [0.2, 0.25) is 23.6 Å². The summed E-state index contributed by atoms with van der Waals surface area (Å²) in [5, 5.41) is 5.75. The second-order valence-corrected chi connectivity index (χ2v) is 23.1. The predicted octanol–water partition coefficient (Wildman–Crippen LogP) is 7.94. The van der Waals surface area contributed by atoms with Crippen LogP contribution in [0.3, 0.4) is 0 Å². The lowest BCUT2D eigenvalue weighted by Gasteiger charge is -2.48. The van der Waals surface area contributed by atoms with E-state index in [2.05, 4.69) is 71.7 Å². The number of likely N-dealkylation sites (tertiary alicyclic amines) is 3. The molecule has 4 atom stereocenters. The van der Waals surface area contributed by atoms with Crippen molar-refractivity contribution in [2.75, 3.05) is 67.5 Å². The zero-order valence-corrected chi connectivity index (χ0v) is 42.7. The maximum absolute atomic E-state index is 15.3. The number of piperidine rings is 5. The quantitative estimate of drug-likeness (QED) is 0.124. The van der Waals surface area contributed by atoms with Gasteiger partial charge in [0.15, 0.2) is 5.82 Å². The number of rotatable bonds is 11. The zero-order chi connectivity index (χ0) is 50.4. The minimum absolute atomic E-state index is 0.00588. The number of pyridine rings is 2. The van der Waals surface area contributed by atoms with Crippen LogP contribution >= 0.6 is 0 Å². The van der Waals surface area contributed by atoms with Gasteiger partial charge < -0.3 is 34.4 Å². The summed E-state index contributed by atoms with van der Waals surface area (Å²) in [7, 11) is 0. The Morgan fingerprint density at radius 2 is 1.66 bits per heavy atom. The number of benzene rings is 2. The minimum Gasteiger partial charge on any atom is -0.357 e. The van der Waals surface area contributed by atoms with Gasteiger partial charge in [0.05, 0.1) is 34.6 Å². The molecule has 9 heterocycles. The first-order valence-electron chi connectivity index (χ1n) is 27.7. The molecule has 13 rings (SSSR count). The molecule has 0 radical (unpaired) electrons. The molecule has 6 aliphatic heterocycles. The number of hydrogen-bond donors (Lipinski definition) is 2. The summed E-state index contributed by atoms with van der Waals surface area (Å²) < 4.78 is 17.2. The lowest BCUT2D eigenvalue weighted by Crippen LogP contribution is -2.58. The fraction of sp³-hybridized carbons (Fsp3) is 0.534. The van der Waals surface area contributed by atoms with Crippen molar-refractivity contribution >= 4 is 57.7 Å². The van der Waals surface area contributed by atoms with Gasteiger partial charge in [-0.2, -0.15) is 0 Å². The van der Waals surface area contributed by atoms with Crippen LogP contribution < -0.4 is 20.4 Å². The summed E-state index contributed by atoms with van der Waals surface area (Å²) >= 11 is 0. The van der Waals surface area contributed by atoms with Gasteiger partial charge in [0, 0.05) is 80.1 Å². The van der Waals surface area contributed by atoms with Crippen LogP contribution in [0.2, 0.25) is 0 Å². The summed E-state index contributed by atoms with van der Waals surface area (Å²) in [6.07, 6.45) is 14.4. The number of nitrogens with one attached hydrogen (secondary N) is 2.